The van der Waals surface area contributed by atoms with Crippen LogP contribution in [0.1, 0.15) is 23.2 Å². The van der Waals surface area contributed by atoms with Crippen molar-refractivity contribution in [2.75, 3.05) is 49.5 Å². The minimum Gasteiger partial charge on any atom is -0.346 e. The first-order chi connectivity index (χ1) is 14.7. The Hall–Kier alpha value is -2.27. The number of carbonyl (C=O) groups is 3. The van der Waals surface area contributed by atoms with E-state index in [0.29, 0.717) is 43.7 Å². The highest BCUT2D eigenvalue weighted by molar-refractivity contribution is 7.99. The molecule has 2 N–H and O–H groups in total. The van der Waals surface area contributed by atoms with Gasteiger partial charge in [0.05, 0.1) is 12.6 Å². The van der Waals surface area contributed by atoms with Crippen molar-refractivity contribution >= 4 is 35.2 Å². The number of nitrogens with one attached hydrogen (secondary N) is 2. The highest BCUT2D eigenvalue weighted by Gasteiger charge is 2.34. The summed E-state index contributed by atoms with van der Waals surface area (Å²) in [6.45, 7) is 0.313. The number of amides is 3. The molecule has 31 heavy (non-hydrogen) atoms. The number of hydrogen-bond donors (Lipinski definition) is 2. The molecular weight excluding hydrogens is 433 g/mol. The Morgan fingerprint density at radius 3 is 2.58 bits per heavy atom. The lowest BCUT2D eigenvalue weighted by atomic mass is 10.1. The van der Waals surface area contributed by atoms with Crippen molar-refractivity contribution in [1.82, 2.24) is 15.1 Å². The quantitative estimate of drug-likeness (QED) is 0.681. The van der Waals surface area contributed by atoms with Crippen molar-refractivity contribution in [3.05, 3.63) is 29.8 Å². The molecule has 7 nitrogen and oxygen atoms in total. The number of alkyl halides is 3. The molecule has 0 saturated carbocycles. The number of thioether (sulfide) groups is 1. The standard InChI is InChI=1S/C20H25F3N4O3S/c21-20(22,23)13-24-18(29)16-5-2-6-27(16)12-17(28)25-15-4-1-3-14(11-15)19(30)26-7-9-31-10-8-26/h1,3-4,11,16H,2,5-10,12-13H2,(H,24,29)(H,25,28). The summed E-state index contributed by atoms with van der Waals surface area (Å²) in [4.78, 5) is 40.6. The molecule has 1 aromatic rings. The van der Waals surface area contributed by atoms with Crippen LogP contribution in [0.15, 0.2) is 24.3 Å². The van der Waals surface area contributed by atoms with Gasteiger partial charge in [-0.25, -0.2) is 0 Å². The van der Waals surface area contributed by atoms with Gasteiger partial charge in [-0.05, 0) is 37.6 Å². The van der Waals surface area contributed by atoms with Gasteiger partial charge in [-0.15, -0.1) is 0 Å². The Bertz CT molecular complexity index is 815. The van der Waals surface area contributed by atoms with E-state index in [2.05, 4.69) is 5.32 Å². The third-order valence-corrected chi connectivity index (χ3v) is 6.11. The third kappa shape index (κ3) is 6.86. The maximum atomic E-state index is 12.6. The molecule has 1 atom stereocenters. The summed E-state index contributed by atoms with van der Waals surface area (Å²) in [6.07, 6.45) is -3.46. The van der Waals surface area contributed by atoms with Crippen LogP contribution in [0, 0.1) is 0 Å². The van der Waals surface area contributed by atoms with Crippen molar-refractivity contribution in [3.63, 3.8) is 0 Å². The second-order valence-corrected chi connectivity index (χ2v) is 8.72. The van der Waals surface area contributed by atoms with Crippen LogP contribution in [0.2, 0.25) is 0 Å². The van der Waals surface area contributed by atoms with Crippen LogP contribution in [0.3, 0.4) is 0 Å². The lowest BCUT2D eigenvalue weighted by Gasteiger charge is -2.26. The number of anilines is 1. The maximum Gasteiger partial charge on any atom is 0.405 e. The second-order valence-electron chi connectivity index (χ2n) is 7.50. The SMILES string of the molecule is O=C(CN1CCCC1C(=O)NCC(F)(F)F)Nc1cccc(C(=O)N2CCSCC2)c1. The van der Waals surface area contributed by atoms with Crippen LogP contribution in [-0.2, 0) is 9.59 Å². The van der Waals surface area contributed by atoms with Gasteiger partial charge in [0, 0.05) is 35.8 Å². The number of rotatable bonds is 6. The highest BCUT2D eigenvalue weighted by atomic mass is 32.2. The Labute approximate surface area is 182 Å². The summed E-state index contributed by atoms with van der Waals surface area (Å²) in [5.74, 6) is 0.590. The zero-order valence-electron chi connectivity index (χ0n) is 16.9. The van der Waals surface area contributed by atoms with Crippen LogP contribution in [0.4, 0.5) is 18.9 Å². The molecule has 0 spiro atoms. The van der Waals surface area contributed by atoms with Gasteiger partial charge >= 0.3 is 6.18 Å². The average molecular weight is 459 g/mol. The summed E-state index contributed by atoms with van der Waals surface area (Å²) in [5, 5.41) is 4.60. The normalized spacial score (nSPS) is 19.8. The first-order valence-corrected chi connectivity index (χ1v) is 11.2. The predicted octanol–water partition coefficient (Wildman–Crippen LogP) is 1.96. The third-order valence-electron chi connectivity index (χ3n) is 5.17. The van der Waals surface area contributed by atoms with E-state index in [-0.39, 0.29) is 12.5 Å². The van der Waals surface area contributed by atoms with Gasteiger partial charge in [-0.1, -0.05) is 6.07 Å². The lowest BCUT2D eigenvalue weighted by Crippen LogP contribution is -2.47. The van der Waals surface area contributed by atoms with Crippen LogP contribution < -0.4 is 10.6 Å². The van der Waals surface area contributed by atoms with Crippen molar-refractivity contribution in [2.24, 2.45) is 0 Å². The van der Waals surface area contributed by atoms with Crippen molar-refractivity contribution < 1.29 is 27.6 Å². The van der Waals surface area contributed by atoms with E-state index in [1.165, 1.54) is 0 Å². The van der Waals surface area contributed by atoms with Crippen molar-refractivity contribution in [2.45, 2.75) is 25.1 Å². The van der Waals surface area contributed by atoms with Crippen LogP contribution in [0.25, 0.3) is 0 Å². The second kappa shape index (κ2) is 10.4. The molecule has 2 saturated heterocycles. The molecule has 1 unspecified atom stereocenters. The van der Waals surface area contributed by atoms with Gasteiger partial charge in [0.15, 0.2) is 0 Å². The van der Waals surface area contributed by atoms with Crippen LogP contribution >= 0.6 is 11.8 Å². The Morgan fingerprint density at radius 1 is 1.13 bits per heavy atom. The molecule has 0 radical (unpaired) electrons. The molecule has 2 heterocycles. The molecule has 3 amide bonds. The summed E-state index contributed by atoms with van der Waals surface area (Å²) < 4.78 is 37.0. The largest absolute Gasteiger partial charge is 0.405 e. The fourth-order valence-electron chi connectivity index (χ4n) is 3.68. The fraction of sp³-hybridized carbons (Fsp3) is 0.550. The van der Waals surface area contributed by atoms with E-state index >= 15 is 0 Å². The maximum absolute atomic E-state index is 12.6. The van der Waals surface area contributed by atoms with E-state index in [1.807, 2.05) is 5.32 Å². The molecule has 0 bridgehead atoms. The smallest absolute Gasteiger partial charge is 0.346 e. The minimum atomic E-state index is -4.48. The van der Waals surface area contributed by atoms with Gasteiger partial charge in [-0.2, -0.15) is 24.9 Å². The first-order valence-electron chi connectivity index (χ1n) is 10.1. The van der Waals surface area contributed by atoms with Gasteiger partial charge < -0.3 is 15.5 Å². The van der Waals surface area contributed by atoms with Gasteiger partial charge in [0.2, 0.25) is 11.8 Å². The molecule has 3 rings (SSSR count). The highest BCUT2D eigenvalue weighted by Crippen LogP contribution is 2.20. The lowest BCUT2D eigenvalue weighted by molar-refractivity contribution is -0.141. The molecule has 2 aliphatic rings. The zero-order valence-corrected chi connectivity index (χ0v) is 17.7. The molecule has 170 valence electrons. The van der Waals surface area contributed by atoms with E-state index < -0.39 is 30.6 Å². The minimum absolute atomic E-state index is 0.0858. The van der Waals surface area contributed by atoms with Crippen molar-refractivity contribution in [3.8, 4) is 0 Å². The number of halogens is 3. The molecule has 2 aliphatic heterocycles. The molecular formula is C20H25F3N4O3S. The Kier molecular flexibility index (Phi) is 7.82. The van der Waals surface area contributed by atoms with Gasteiger partial charge in [0.1, 0.15) is 6.54 Å². The summed E-state index contributed by atoms with van der Waals surface area (Å²) >= 11 is 1.80. The molecule has 11 heteroatoms. The first kappa shape index (κ1) is 23.4. The summed E-state index contributed by atoms with van der Waals surface area (Å²) in [6, 6.07) is 5.89. The topological polar surface area (TPSA) is 81.8 Å². The monoisotopic (exact) mass is 458 g/mol. The predicted molar refractivity (Wildman–Crippen MR) is 112 cm³/mol. The van der Waals surface area contributed by atoms with Gasteiger partial charge in [-0.3, -0.25) is 19.3 Å². The number of hydrogen-bond acceptors (Lipinski definition) is 5. The molecule has 2 fully saturated rings. The number of carbonyl (C=O) groups excluding carboxylic acids is 3. The number of likely N-dealkylation sites (tertiary alicyclic amines) is 1. The van der Waals surface area contributed by atoms with Gasteiger partial charge in [0.25, 0.3) is 5.91 Å². The van der Waals surface area contributed by atoms with E-state index in [9.17, 15) is 27.6 Å². The van der Waals surface area contributed by atoms with E-state index in [4.69, 9.17) is 0 Å². The fourth-order valence-corrected chi connectivity index (χ4v) is 4.58. The molecule has 0 aromatic heterocycles. The molecule has 1 aromatic carbocycles. The van der Waals surface area contributed by atoms with Crippen LogP contribution in [-0.4, -0.2) is 84.0 Å². The Balaban J connectivity index is 1.55. The Morgan fingerprint density at radius 2 is 1.87 bits per heavy atom. The summed E-state index contributed by atoms with van der Waals surface area (Å²) in [7, 11) is 0. The number of benzene rings is 1. The number of nitrogens with zero attached hydrogens (tertiary/aromatic N) is 2. The van der Waals surface area contributed by atoms with E-state index in [0.717, 1.165) is 11.5 Å². The molecule has 0 aliphatic carbocycles. The van der Waals surface area contributed by atoms with Crippen molar-refractivity contribution in [1.29, 1.82) is 0 Å². The van der Waals surface area contributed by atoms with Crippen LogP contribution in [0.5, 0.6) is 0 Å². The average Bonchev–Trinajstić information content (AvgIpc) is 3.19. The zero-order chi connectivity index (χ0) is 22.4. The summed E-state index contributed by atoms with van der Waals surface area (Å²) in [5.41, 5.74) is 0.940. The van der Waals surface area contributed by atoms with E-state index in [1.54, 1.807) is 45.8 Å².